The molecule has 0 saturated carbocycles. The van der Waals surface area contributed by atoms with Crippen LogP contribution in [0.3, 0.4) is 0 Å². The second-order valence-corrected chi connectivity index (χ2v) is 3.89. The highest BCUT2D eigenvalue weighted by molar-refractivity contribution is 9.10. The SMILES string of the molecule is Nc1c(C(F)(F)F)ccc(/C=C/C(=O)O)c1Br. The quantitative estimate of drug-likeness (QED) is 0.651. The number of rotatable bonds is 2. The van der Waals surface area contributed by atoms with Crippen molar-refractivity contribution in [2.45, 2.75) is 6.18 Å². The van der Waals surface area contributed by atoms with Gasteiger partial charge in [0.25, 0.3) is 0 Å². The Morgan fingerprint density at radius 2 is 2.00 bits per heavy atom. The van der Waals surface area contributed by atoms with E-state index in [1.807, 2.05) is 0 Å². The average Bonchev–Trinajstić information content (AvgIpc) is 2.18. The van der Waals surface area contributed by atoms with Gasteiger partial charge < -0.3 is 10.8 Å². The van der Waals surface area contributed by atoms with Gasteiger partial charge in [-0.3, -0.25) is 0 Å². The van der Waals surface area contributed by atoms with Gasteiger partial charge in [-0.05, 0) is 33.6 Å². The Morgan fingerprint density at radius 1 is 1.41 bits per heavy atom. The highest BCUT2D eigenvalue weighted by Gasteiger charge is 2.33. The molecular formula is C10H7BrF3NO2. The molecule has 3 nitrogen and oxygen atoms in total. The van der Waals surface area contributed by atoms with Gasteiger partial charge in [-0.15, -0.1) is 0 Å². The molecule has 1 aromatic carbocycles. The van der Waals surface area contributed by atoms with Crippen LogP contribution in [0, 0.1) is 0 Å². The molecule has 0 spiro atoms. The van der Waals surface area contributed by atoms with Crippen molar-refractivity contribution >= 4 is 33.7 Å². The molecular weight excluding hydrogens is 303 g/mol. The lowest BCUT2D eigenvalue weighted by Gasteiger charge is -2.12. The maximum Gasteiger partial charge on any atom is 0.418 e. The summed E-state index contributed by atoms with van der Waals surface area (Å²) >= 11 is 2.90. The van der Waals surface area contributed by atoms with Gasteiger partial charge in [0.1, 0.15) is 0 Å². The second-order valence-electron chi connectivity index (χ2n) is 3.10. The molecule has 3 N–H and O–H groups in total. The Bertz CT molecular complexity index is 483. The van der Waals surface area contributed by atoms with Gasteiger partial charge >= 0.3 is 12.1 Å². The minimum atomic E-state index is -4.54. The fourth-order valence-corrected chi connectivity index (χ4v) is 1.62. The van der Waals surface area contributed by atoms with E-state index in [1.165, 1.54) is 0 Å². The van der Waals surface area contributed by atoms with Gasteiger partial charge in [0.2, 0.25) is 0 Å². The number of alkyl halides is 3. The molecule has 92 valence electrons. The zero-order valence-corrected chi connectivity index (χ0v) is 9.84. The average molecular weight is 310 g/mol. The van der Waals surface area contributed by atoms with E-state index in [-0.39, 0.29) is 10.0 Å². The van der Waals surface area contributed by atoms with E-state index < -0.39 is 23.4 Å². The number of halogens is 4. The Kier molecular flexibility index (Phi) is 3.82. The minimum absolute atomic E-state index is 0.0184. The third kappa shape index (κ3) is 3.23. The molecule has 1 aromatic rings. The lowest BCUT2D eigenvalue weighted by molar-refractivity contribution is -0.137. The predicted molar refractivity (Wildman–Crippen MR) is 60.2 cm³/mol. The number of carboxylic acid groups (broad SMARTS) is 1. The van der Waals surface area contributed by atoms with Gasteiger partial charge in [0.15, 0.2) is 0 Å². The highest BCUT2D eigenvalue weighted by Crippen LogP contribution is 2.38. The Balaban J connectivity index is 3.25. The highest BCUT2D eigenvalue weighted by atomic mass is 79.9. The molecule has 0 saturated heterocycles. The van der Waals surface area contributed by atoms with Crippen LogP contribution in [0.25, 0.3) is 6.08 Å². The molecule has 0 radical (unpaired) electrons. The summed E-state index contributed by atoms with van der Waals surface area (Å²) in [7, 11) is 0. The standard InChI is InChI=1S/C10H7BrF3NO2/c11-8-5(2-4-7(16)17)1-3-6(9(8)15)10(12,13)14/h1-4H,15H2,(H,16,17)/b4-2+. The topological polar surface area (TPSA) is 63.3 Å². The summed E-state index contributed by atoms with van der Waals surface area (Å²) in [5.74, 6) is -1.20. The van der Waals surface area contributed by atoms with Crippen LogP contribution >= 0.6 is 15.9 Å². The number of aliphatic carboxylic acids is 1. The van der Waals surface area contributed by atoms with Crippen LogP contribution in [0.4, 0.5) is 18.9 Å². The largest absolute Gasteiger partial charge is 0.478 e. The van der Waals surface area contributed by atoms with Crippen molar-refractivity contribution < 1.29 is 23.1 Å². The summed E-state index contributed by atoms with van der Waals surface area (Å²) in [6, 6.07) is 1.95. The third-order valence-electron chi connectivity index (χ3n) is 1.92. The Hall–Kier alpha value is -1.50. The molecule has 0 atom stereocenters. The van der Waals surface area contributed by atoms with E-state index in [0.29, 0.717) is 0 Å². The maximum atomic E-state index is 12.5. The normalized spacial score (nSPS) is 12.0. The second kappa shape index (κ2) is 4.79. The molecule has 0 aromatic heterocycles. The molecule has 0 amide bonds. The number of carboxylic acids is 1. The maximum absolute atomic E-state index is 12.5. The van der Waals surface area contributed by atoms with Crippen molar-refractivity contribution in [2.75, 3.05) is 5.73 Å². The molecule has 0 aliphatic rings. The summed E-state index contributed by atoms with van der Waals surface area (Å²) < 4.78 is 37.4. The van der Waals surface area contributed by atoms with Crippen molar-refractivity contribution in [1.82, 2.24) is 0 Å². The fraction of sp³-hybridized carbons (Fsp3) is 0.100. The van der Waals surface area contributed by atoms with Crippen molar-refractivity contribution in [3.8, 4) is 0 Å². The van der Waals surface area contributed by atoms with Crippen LogP contribution in [-0.2, 0) is 11.0 Å². The van der Waals surface area contributed by atoms with Crippen LogP contribution in [-0.4, -0.2) is 11.1 Å². The van der Waals surface area contributed by atoms with E-state index in [9.17, 15) is 18.0 Å². The molecule has 7 heteroatoms. The lowest BCUT2D eigenvalue weighted by atomic mass is 10.1. The summed E-state index contributed by atoms with van der Waals surface area (Å²) in [6.07, 6.45) is -2.57. The van der Waals surface area contributed by atoms with Gasteiger partial charge in [-0.25, -0.2) is 4.79 Å². The van der Waals surface area contributed by atoms with Crippen LogP contribution in [0.5, 0.6) is 0 Å². The summed E-state index contributed by atoms with van der Waals surface area (Å²) in [4.78, 5) is 10.3. The summed E-state index contributed by atoms with van der Waals surface area (Å²) in [5, 5.41) is 8.41. The number of carbonyl (C=O) groups is 1. The molecule has 17 heavy (non-hydrogen) atoms. The lowest BCUT2D eigenvalue weighted by Crippen LogP contribution is -2.09. The number of nitrogen functional groups attached to an aromatic ring is 1. The first kappa shape index (κ1) is 13.6. The smallest absolute Gasteiger partial charge is 0.418 e. The minimum Gasteiger partial charge on any atom is -0.478 e. The van der Waals surface area contributed by atoms with Crippen LogP contribution < -0.4 is 5.73 Å². The zero-order valence-electron chi connectivity index (χ0n) is 8.25. The van der Waals surface area contributed by atoms with E-state index >= 15 is 0 Å². The number of hydrogen-bond donors (Lipinski definition) is 2. The van der Waals surface area contributed by atoms with Crippen molar-refractivity contribution in [1.29, 1.82) is 0 Å². The van der Waals surface area contributed by atoms with E-state index in [0.717, 1.165) is 24.3 Å². The first-order chi connectivity index (χ1) is 7.73. The van der Waals surface area contributed by atoms with Crippen molar-refractivity contribution in [3.63, 3.8) is 0 Å². The molecule has 0 aliphatic carbocycles. The van der Waals surface area contributed by atoms with Crippen molar-refractivity contribution in [3.05, 3.63) is 33.8 Å². The first-order valence-corrected chi connectivity index (χ1v) is 5.09. The first-order valence-electron chi connectivity index (χ1n) is 4.29. The molecule has 0 unspecified atom stereocenters. The van der Waals surface area contributed by atoms with E-state index in [2.05, 4.69) is 15.9 Å². The number of hydrogen-bond acceptors (Lipinski definition) is 2. The number of anilines is 1. The third-order valence-corrected chi connectivity index (χ3v) is 2.81. The predicted octanol–water partition coefficient (Wildman–Crippen LogP) is 3.15. The number of nitrogens with two attached hydrogens (primary N) is 1. The van der Waals surface area contributed by atoms with Crippen molar-refractivity contribution in [2.24, 2.45) is 0 Å². The van der Waals surface area contributed by atoms with Crippen LogP contribution in [0.1, 0.15) is 11.1 Å². The Labute approximate surface area is 103 Å². The molecule has 1 rings (SSSR count). The van der Waals surface area contributed by atoms with E-state index in [4.69, 9.17) is 10.8 Å². The van der Waals surface area contributed by atoms with E-state index in [1.54, 1.807) is 0 Å². The molecule has 0 aliphatic heterocycles. The van der Waals surface area contributed by atoms with Crippen LogP contribution in [0.15, 0.2) is 22.7 Å². The van der Waals surface area contributed by atoms with Gasteiger partial charge in [-0.1, -0.05) is 6.07 Å². The molecule has 0 bridgehead atoms. The summed E-state index contributed by atoms with van der Waals surface area (Å²) in [5.41, 5.74) is 4.16. The van der Waals surface area contributed by atoms with Gasteiger partial charge in [-0.2, -0.15) is 13.2 Å². The summed E-state index contributed by atoms with van der Waals surface area (Å²) in [6.45, 7) is 0. The molecule has 0 heterocycles. The monoisotopic (exact) mass is 309 g/mol. The zero-order chi connectivity index (χ0) is 13.2. The van der Waals surface area contributed by atoms with Gasteiger partial charge in [0.05, 0.1) is 11.3 Å². The van der Waals surface area contributed by atoms with Gasteiger partial charge in [0, 0.05) is 10.5 Å². The van der Waals surface area contributed by atoms with Crippen LogP contribution in [0.2, 0.25) is 0 Å². The Morgan fingerprint density at radius 3 is 2.47 bits per heavy atom. The molecule has 0 fully saturated rings. The fourth-order valence-electron chi connectivity index (χ4n) is 1.15. The number of benzene rings is 1.